The van der Waals surface area contributed by atoms with Crippen molar-refractivity contribution in [1.29, 1.82) is 0 Å². The molecule has 0 unspecified atom stereocenters. The maximum absolute atomic E-state index is 12.5. The van der Waals surface area contributed by atoms with Gasteiger partial charge in [-0.1, -0.05) is 5.16 Å². The van der Waals surface area contributed by atoms with Crippen molar-refractivity contribution >= 4 is 5.91 Å². The van der Waals surface area contributed by atoms with Crippen molar-refractivity contribution in [2.75, 3.05) is 32.8 Å². The van der Waals surface area contributed by atoms with Gasteiger partial charge in [0.2, 0.25) is 5.76 Å². The van der Waals surface area contributed by atoms with Crippen LogP contribution >= 0.6 is 0 Å². The first kappa shape index (κ1) is 15.4. The zero-order valence-electron chi connectivity index (χ0n) is 13.7. The molecule has 7 heteroatoms. The highest BCUT2D eigenvalue weighted by atomic mass is 16.5. The lowest BCUT2D eigenvalue weighted by Crippen LogP contribution is -2.33. The molecule has 0 aliphatic carbocycles. The molecular weight excluding hydrogens is 310 g/mol. The van der Waals surface area contributed by atoms with Crippen molar-refractivity contribution in [1.82, 2.24) is 15.0 Å². The van der Waals surface area contributed by atoms with Gasteiger partial charge in [-0.05, 0) is 19.1 Å². The van der Waals surface area contributed by atoms with Crippen molar-refractivity contribution in [2.24, 2.45) is 5.92 Å². The number of carbonyl (C=O) groups excluding carboxylic acids is 1. The summed E-state index contributed by atoms with van der Waals surface area (Å²) in [4.78, 5) is 16.7. The molecule has 0 saturated carbocycles. The lowest BCUT2D eigenvalue weighted by atomic mass is 10.1. The number of aromatic nitrogens is 1. The Morgan fingerprint density at radius 2 is 2.29 bits per heavy atom. The third kappa shape index (κ3) is 3.09. The standard InChI is InChI=1S/C17H21N3O4/c1-12-7-15(24-18-12)17(21)20-9-13-8-19(4-6-23-16(13)11-20)10-14-3-2-5-22-14/h2-3,5,7,13,16H,4,6,8-11H2,1H3/t13-,16+/m0/s1. The van der Waals surface area contributed by atoms with E-state index in [0.29, 0.717) is 37.1 Å². The largest absolute Gasteiger partial charge is 0.468 e. The molecule has 0 N–H and O–H groups in total. The van der Waals surface area contributed by atoms with E-state index in [4.69, 9.17) is 13.7 Å². The number of rotatable bonds is 3. The van der Waals surface area contributed by atoms with Crippen LogP contribution in [0.25, 0.3) is 0 Å². The number of nitrogens with zero attached hydrogens (tertiary/aromatic N) is 3. The fourth-order valence-electron chi connectivity index (χ4n) is 3.51. The van der Waals surface area contributed by atoms with Gasteiger partial charge in [0.1, 0.15) is 5.76 Å². The molecule has 0 radical (unpaired) electrons. The van der Waals surface area contributed by atoms with E-state index < -0.39 is 0 Å². The first-order chi connectivity index (χ1) is 11.7. The summed E-state index contributed by atoms with van der Waals surface area (Å²) in [5.74, 6) is 1.45. The smallest absolute Gasteiger partial charge is 0.292 e. The minimum atomic E-state index is -0.107. The summed E-state index contributed by atoms with van der Waals surface area (Å²) in [5.41, 5.74) is 0.715. The Morgan fingerprint density at radius 3 is 3.04 bits per heavy atom. The average molecular weight is 331 g/mol. The molecule has 24 heavy (non-hydrogen) atoms. The predicted molar refractivity (Wildman–Crippen MR) is 84.4 cm³/mol. The second-order valence-corrected chi connectivity index (χ2v) is 6.53. The van der Waals surface area contributed by atoms with Gasteiger partial charge in [0.05, 0.1) is 31.2 Å². The van der Waals surface area contributed by atoms with Gasteiger partial charge in [-0.3, -0.25) is 9.69 Å². The number of likely N-dealkylation sites (tertiary alicyclic amines) is 1. The van der Waals surface area contributed by atoms with Crippen LogP contribution in [0.2, 0.25) is 0 Å². The molecule has 2 aromatic rings. The fraction of sp³-hybridized carbons (Fsp3) is 0.529. The molecule has 4 heterocycles. The van der Waals surface area contributed by atoms with Crippen molar-refractivity contribution in [3.8, 4) is 0 Å². The van der Waals surface area contributed by atoms with E-state index >= 15 is 0 Å². The zero-order valence-corrected chi connectivity index (χ0v) is 13.7. The van der Waals surface area contributed by atoms with E-state index in [9.17, 15) is 4.79 Å². The number of carbonyl (C=O) groups is 1. The maximum Gasteiger partial charge on any atom is 0.292 e. The molecule has 2 atom stereocenters. The number of furan rings is 1. The first-order valence-corrected chi connectivity index (χ1v) is 8.28. The van der Waals surface area contributed by atoms with Crippen molar-refractivity contribution in [3.63, 3.8) is 0 Å². The summed E-state index contributed by atoms with van der Waals surface area (Å²) in [7, 11) is 0. The van der Waals surface area contributed by atoms with Crippen LogP contribution in [0.5, 0.6) is 0 Å². The number of aryl methyl sites for hydroxylation is 1. The van der Waals surface area contributed by atoms with Crippen LogP contribution in [-0.2, 0) is 11.3 Å². The van der Waals surface area contributed by atoms with Gasteiger partial charge in [0.25, 0.3) is 5.91 Å². The second-order valence-electron chi connectivity index (χ2n) is 6.53. The molecule has 2 aliphatic rings. The van der Waals surface area contributed by atoms with E-state index in [2.05, 4.69) is 10.1 Å². The van der Waals surface area contributed by atoms with E-state index in [1.165, 1.54) is 0 Å². The highest BCUT2D eigenvalue weighted by molar-refractivity contribution is 5.91. The molecule has 2 saturated heterocycles. The number of hydrogen-bond acceptors (Lipinski definition) is 6. The van der Waals surface area contributed by atoms with Crippen LogP contribution in [0, 0.1) is 12.8 Å². The molecule has 0 bridgehead atoms. The van der Waals surface area contributed by atoms with E-state index in [1.807, 2.05) is 24.0 Å². The second kappa shape index (κ2) is 6.41. The summed E-state index contributed by atoms with van der Waals surface area (Å²) in [6, 6.07) is 5.57. The maximum atomic E-state index is 12.5. The Labute approximate surface area is 140 Å². The van der Waals surface area contributed by atoms with Gasteiger partial charge in [-0.2, -0.15) is 0 Å². The third-order valence-electron chi connectivity index (χ3n) is 4.70. The normalized spacial score (nSPS) is 24.8. The highest BCUT2D eigenvalue weighted by Gasteiger charge is 2.39. The van der Waals surface area contributed by atoms with Crippen LogP contribution in [0.15, 0.2) is 33.4 Å². The number of hydrogen-bond donors (Lipinski definition) is 0. The van der Waals surface area contributed by atoms with Gasteiger partial charge in [-0.25, -0.2) is 0 Å². The molecule has 0 spiro atoms. The van der Waals surface area contributed by atoms with Gasteiger partial charge in [-0.15, -0.1) is 0 Å². The van der Waals surface area contributed by atoms with Crippen LogP contribution in [0.3, 0.4) is 0 Å². The Bertz CT molecular complexity index is 697. The SMILES string of the molecule is Cc1cc(C(=O)N2C[C@@H]3CN(Cc4ccco4)CCO[C@@H]3C2)on1. The van der Waals surface area contributed by atoms with E-state index in [1.54, 1.807) is 12.3 Å². The van der Waals surface area contributed by atoms with E-state index in [0.717, 1.165) is 25.4 Å². The molecule has 4 rings (SSSR count). The minimum Gasteiger partial charge on any atom is -0.468 e. The quantitative estimate of drug-likeness (QED) is 0.850. The summed E-state index contributed by atoms with van der Waals surface area (Å²) in [5, 5.41) is 3.80. The third-order valence-corrected chi connectivity index (χ3v) is 4.70. The number of amides is 1. The van der Waals surface area contributed by atoms with Gasteiger partial charge < -0.3 is 18.6 Å². The molecule has 2 aliphatic heterocycles. The molecule has 0 aromatic carbocycles. The Morgan fingerprint density at radius 1 is 1.38 bits per heavy atom. The van der Waals surface area contributed by atoms with Gasteiger partial charge in [0, 0.05) is 38.2 Å². The van der Waals surface area contributed by atoms with E-state index in [-0.39, 0.29) is 12.0 Å². The predicted octanol–water partition coefficient (Wildman–Crippen LogP) is 1.55. The molecule has 2 aromatic heterocycles. The lowest BCUT2D eigenvalue weighted by Gasteiger charge is -2.22. The Kier molecular flexibility index (Phi) is 4.12. The molecule has 7 nitrogen and oxygen atoms in total. The number of ether oxygens (including phenoxy) is 1. The summed E-state index contributed by atoms with van der Waals surface area (Å²) in [6.45, 7) is 6.31. The van der Waals surface area contributed by atoms with Crippen molar-refractivity contribution in [2.45, 2.75) is 19.6 Å². The zero-order chi connectivity index (χ0) is 16.5. The molecule has 128 valence electrons. The molecule has 1 amide bonds. The van der Waals surface area contributed by atoms with Crippen molar-refractivity contribution < 1.29 is 18.5 Å². The van der Waals surface area contributed by atoms with Gasteiger partial charge in [0.15, 0.2) is 0 Å². The van der Waals surface area contributed by atoms with Crippen LogP contribution < -0.4 is 0 Å². The average Bonchev–Trinajstić information content (AvgIpc) is 3.28. The monoisotopic (exact) mass is 331 g/mol. The molecular formula is C17H21N3O4. The summed E-state index contributed by atoms with van der Waals surface area (Å²) < 4.78 is 16.5. The summed E-state index contributed by atoms with van der Waals surface area (Å²) in [6.07, 6.45) is 1.78. The lowest BCUT2D eigenvalue weighted by molar-refractivity contribution is 0.0473. The topological polar surface area (TPSA) is 72.0 Å². The van der Waals surface area contributed by atoms with Crippen LogP contribution in [-0.4, -0.2) is 59.8 Å². The first-order valence-electron chi connectivity index (χ1n) is 8.28. The highest BCUT2D eigenvalue weighted by Crippen LogP contribution is 2.26. The van der Waals surface area contributed by atoms with Crippen LogP contribution in [0.1, 0.15) is 22.0 Å². The number of fused-ring (bicyclic) bond motifs is 1. The summed E-state index contributed by atoms with van der Waals surface area (Å²) >= 11 is 0. The fourth-order valence-corrected chi connectivity index (χ4v) is 3.51. The van der Waals surface area contributed by atoms with Crippen molar-refractivity contribution in [3.05, 3.63) is 41.7 Å². The Hall–Kier alpha value is -2.12. The Balaban J connectivity index is 1.41. The molecule has 2 fully saturated rings. The van der Waals surface area contributed by atoms with Gasteiger partial charge >= 0.3 is 0 Å². The van der Waals surface area contributed by atoms with Crippen LogP contribution in [0.4, 0.5) is 0 Å². The minimum absolute atomic E-state index is 0.0829.